The molecule has 4 nitrogen and oxygen atoms in total. The van der Waals surface area contributed by atoms with Crippen molar-refractivity contribution in [3.8, 4) is 0 Å². The Morgan fingerprint density at radius 3 is 3.00 bits per heavy atom. The Balaban J connectivity index is 2.47. The first kappa shape index (κ1) is 8.33. The largest absolute Gasteiger partial charge is 0.377 e. The molecule has 0 saturated carbocycles. The SMILES string of the molecule is CNC(=O)N1CCOC[C@H]1C. The van der Waals surface area contributed by atoms with Gasteiger partial charge in [-0.3, -0.25) is 0 Å². The average Bonchev–Trinajstić information content (AvgIpc) is 2.04. The van der Waals surface area contributed by atoms with E-state index in [0.29, 0.717) is 19.8 Å². The number of nitrogens with one attached hydrogen (secondary N) is 1. The van der Waals surface area contributed by atoms with E-state index in [1.165, 1.54) is 0 Å². The van der Waals surface area contributed by atoms with Crippen molar-refractivity contribution in [3.05, 3.63) is 0 Å². The molecular weight excluding hydrogens is 144 g/mol. The molecule has 1 heterocycles. The predicted octanol–water partition coefficient (Wildman–Crippen LogP) is 0.0465. The summed E-state index contributed by atoms with van der Waals surface area (Å²) in [7, 11) is 1.64. The van der Waals surface area contributed by atoms with E-state index in [1.807, 2.05) is 6.92 Å². The minimum Gasteiger partial charge on any atom is -0.377 e. The third-order valence-corrected chi connectivity index (χ3v) is 1.84. The highest BCUT2D eigenvalue weighted by Gasteiger charge is 2.22. The van der Waals surface area contributed by atoms with Gasteiger partial charge in [0.2, 0.25) is 0 Å². The summed E-state index contributed by atoms with van der Waals surface area (Å²) in [6, 6.07) is 0.185. The number of ether oxygens (including phenoxy) is 1. The Morgan fingerprint density at radius 2 is 2.45 bits per heavy atom. The standard InChI is InChI=1S/C7H14N2O2/c1-6-5-11-4-3-9(6)7(10)8-2/h6H,3-5H2,1-2H3,(H,8,10)/t6-/m1/s1. The van der Waals surface area contributed by atoms with Crippen molar-refractivity contribution in [3.63, 3.8) is 0 Å². The Bertz CT molecular complexity index is 149. The van der Waals surface area contributed by atoms with Gasteiger partial charge in [0.05, 0.1) is 19.3 Å². The summed E-state index contributed by atoms with van der Waals surface area (Å²) in [5.41, 5.74) is 0. The molecule has 0 unspecified atom stereocenters. The summed E-state index contributed by atoms with van der Waals surface area (Å²) < 4.78 is 5.18. The Hall–Kier alpha value is -0.770. The van der Waals surface area contributed by atoms with Gasteiger partial charge in [-0.15, -0.1) is 0 Å². The Morgan fingerprint density at radius 1 is 1.73 bits per heavy atom. The maximum absolute atomic E-state index is 11.1. The highest BCUT2D eigenvalue weighted by atomic mass is 16.5. The molecule has 1 aliphatic rings. The minimum absolute atomic E-state index is 0.0131. The van der Waals surface area contributed by atoms with Crippen LogP contribution in [0.4, 0.5) is 4.79 Å². The molecule has 0 aliphatic carbocycles. The molecule has 11 heavy (non-hydrogen) atoms. The van der Waals surface area contributed by atoms with Gasteiger partial charge in [0, 0.05) is 13.6 Å². The normalized spacial score (nSPS) is 24.9. The quantitative estimate of drug-likeness (QED) is 0.541. The fourth-order valence-corrected chi connectivity index (χ4v) is 1.17. The molecule has 1 N–H and O–H groups in total. The number of carbonyl (C=O) groups excluding carboxylic acids is 1. The Kier molecular flexibility index (Phi) is 2.70. The number of nitrogens with zero attached hydrogens (tertiary/aromatic N) is 1. The molecule has 0 aromatic carbocycles. The van der Waals surface area contributed by atoms with Gasteiger partial charge in [-0.25, -0.2) is 4.79 Å². The summed E-state index contributed by atoms with van der Waals surface area (Å²) >= 11 is 0. The van der Waals surface area contributed by atoms with Crippen LogP contribution in [0.5, 0.6) is 0 Å². The first-order chi connectivity index (χ1) is 5.25. The molecule has 1 rings (SSSR count). The first-order valence-corrected chi connectivity index (χ1v) is 3.82. The second kappa shape index (κ2) is 3.57. The van der Waals surface area contributed by atoms with E-state index in [2.05, 4.69) is 5.32 Å². The second-order valence-corrected chi connectivity index (χ2v) is 2.67. The number of urea groups is 1. The molecule has 0 aromatic heterocycles. The number of carbonyl (C=O) groups is 1. The van der Waals surface area contributed by atoms with E-state index in [4.69, 9.17) is 4.74 Å². The molecule has 0 radical (unpaired) electrons. The van der Waals surface area contributed by atoms with Crippen molar-refractivity contribution in [2.45, 2.75) is 13.0 Å². The Labute approximate surface area is 66.5 Å². The molecule has 1 atom stereocenters. The molecule has 1 aliphatic heterocycles. The fraction of sp³-hybridized carbons (Fsp3) is 0.857. The van der Waals surface area contributed by atoms with Crippen LogP contribution in [0, 0.1) is 0 Å². The summed E-state index contributed by atoms with van der Waals surface area (Å²) in [6.45, 7) is 3.97. The molecule has 1 saturated heterocycles. The summed E-state index contributed by atoms with van der Waals surface area (Å²) in [6.07, 6.45) is 0. The zero-order chi connectivity index (χ0) is 8.27. The van der Waals surface area contributed by atoms with E-state index < -0.39 is 0 Å². The van der Waals surface area contributed by atoms with E-state index in [9.17, 15) is 4.79 Å². The molecule has 2 amide bonds. The van der Waals surface area contributed by atoms with Crippen molar-refractivity contribution in [2.75, 3.05) is 26.8 Å². The summed E-state index contributed by atoms with van der Waals surface area (Å²) in [4.78, 5) is 12.9. The van der Waals surface area contributed by atoms with E-state index in [-0.39, 0.29) is 12.1 Å². The number of hydrogen-bond donors (Lipinski definition) is 1. The van der Waals surface area contributed by atoms with Crippen molar-refractivity contribution in [1.82, 2.24) is 10.2 Å². The van der Waals surface area contributed by atoms with Crippen LogP contribution >= 0.6 is 0 Å². The lowest BCUT2D eigenvalue weighted by molar-refractivity contribution is 0.0195. The highest BCUT2D eigenvalue weighted by Crippen LogP contribution is 2.05. The first-order valence-electron chi connectivity index (χ1n) is 3.82. The topological polar surface area (TPSA) is 41.6 Å². The zero-order valence-corrected chi connectivity index (χ0v) is 6.96. The molecule has 0 aromatic rings. The van der Waals surface area contributed by atoms with Crippen molar-refractivity contribution in [2.24, 2.45) is 0 Å². The molecular formula is C7H14N2O2. The van der Waals surface area contributed by atoms with Gasteiger partial charge >= 0.3 is 6.03 Å². The van der Waals surface area contributed by atoms with E-state index >= 15 is 0 Å². The van der Waals surface area contributed by atoms with Crippen LogP contribution in [0.2, 0.25) is 0 Å². The van der Waals surface area contributed by atoms with Gasteiger partial charge in [0.1, 0.15) is 0 Å². The van der Waals surface area contributed by atoms with E-state index in [0.717, 1.165) is 0 Å². The smallest absolute Gasteiger partial charge is 0.317 e. The third kappa shape index (κ3) is 1.83. The van der Waals surface area contributed by atoms with Crippen molar-refractivity contribution in [1.29, 1.82) is 0 Å². The van der Waals surface area contributed by atoms with Gasteiger partial charge in [0.15, 0.2) is 0 Å². The van der Waals surface area contributed by atoms with Gasteiger partial charge in [0.25, 0.3) is 0 Å². The van der Waals surface area contributed by atoms with E-state index in [1.54, 1.807) is 11.9 Å². The van der Waals surface area contributed by atoms with Crippen LogP contribution in [0.25, 0.3) is 0 Å². The lowest BCUT2D eigenvalue weighted by Crippen LogP contribution is -2.50. The fourth-order valence-electron chi connectivity index (χ4n) is 1.17. The average molecular weight is 158 g/mol. The van der Waals surface area contributed by atoms with Crippen LogP contribution in [-0.2, 0) is 4.74 Å². The number of amides is 2. The van der Waals surface area contributed by atoms with Gasteiger partial charge in [-0.2, -0.15) is 0 Å². The van der Waals surface area contributed by atoms with Crippen LogP contribution in [-0.4, -0.2) is 43.8 Å². The van der Waals surface area contributed by atoms with Crippen LogP contribution in [0.15, 0.2) is 0 Å². The van der Waals surface area contributed by atoms with Gasteiger partial charge in [-0.1, -0.05) is 0 Å². The summed E-state index contributed by atoms with van der Waals surface area (Å²) in [5, 5.41) is 2.60. The molecule has 4 heteroatoms. The monoisotopic (exact) mass is 158 g/mol. The lowest BCUT2D eigenvalue weighted by Gasteiger charge is -2.32. The number of rotatable bonds is 0. The molecule has 0 spiro atoms. The molecule has 1 fully saturated rings. The minimum atomic E-state index is -0.0131. The predicted molar refractivity (Wildman–Crippen MR) is 41.4 cm³/mol. The zero-order valence-electron chi connectivity index (χ0n) is 6.96. The van der Waals surface area contributed by atoms with Crippen molar-refractivity contribution < 1.29 is 9.53 Å². The van der Waals surface area contributed by atoms with Crippen LogP contribution in [0.3, 0.4) is 0 Å². The van der Waals surface area contributed by atoms with Crippen LogP contribution < -0.4 is 5.32 Å². The molecule has 0 bridgehead atoms. The summed E-state index contributed by atoms with van der Waals surface area (Å²) in [5.74, 6) is 0. The maximum atomic E-state index is 11.1. The number of hydrogen-bond acceptors (Lipinski definition) is 2. The van der Waals surface area contributed by atoms with Gasteiger partial charge in [-0.05, 0) is 6.92 Å². The third-order valence-electron chi connectivity index (χ3n) is 1.84. The second-order valence-electron chi connectivity index (χ2n) is 2.67. The lowest BCUT2D eigenvalue weighted by atomic mass is 10.3. The van der Waals surface area contributed by atoms with Gasteiger partial charge < -0.3 is 15.0 Å². The maximum Gasteiger partial charge on any atom is 0.317 e. The van der Waals surface area contributed by atoms with Crippen LogP contribution in [0.1, 0.15) is 6.92 Å². The van der Waals surface area contributed by atoms with Crippen molar-refractivity contribution >= 4 is 6.03 Å². The number of morpholine rings is 1. The molecule has 64 valence electrons. The highest BCUT2D eigenvalue weighted by molar-refractivity contribution is 5.74.